The maximum atomic E-state index is 12.5. The Morgan fingerprint density at radius 3 is 2.65 bits per heavy atom. The smallest absolute Gasteiger partial charge is 0.258 e. The Morgan fingerprint density at radius 1 is 1.30 bits per heavy atom. The number of carbonyl (C=O) groups excluding carboxylic acids is 1. The molecule has 0 saturated heterocycles. The highest BCUT2D eigenvalue weighted by Crippen LogP contribution is 2.16. The normalized spacial score (nSPS) is 10.3. The molecule has 0 spiro atoms. The average Bonchev–Trinajstić information content (AvgIpc) is 2.46. The van der Waals surface area contributed by atoms with Gasteiger partial charge in [0, 0.05) is 36.4 Å². The third-order valence-electron chi connectivity index (χ3n) is 3.01. The van der Waals surface area contributed by atoms with Crippen molar-refractivity contribution in [2.24, 2.45) is 0 Å². The van der Waals surface area contributed by atoms with Crippen LogP contribution in [0, 0.1) is 0 Å². The minimum absolute atomic E-state index is 0.109. The number of aryl methyl sites for hydroxylation is 1. The van der Waals surface area contributed by atoms with Crippen LogP contribution in [-0.2, 0) is 6.42 Å². The van der Waals surface area contributed by atoms with Crippen LogP contribution in [0.4, 0.5) is 11.5 Å². The van der Waals surface area contributed by atoms with E-state index in [4.69, 9.17) is 5.73 Å². The molecular weight excluding hydrogens is 252 g/mol. The van der Waals surface area contributed by atoms with E-state index >= 15 is 0 Å². The number of pyridine rings is 2. The number of nitrogens with two attached hydrogens (primary N) is 1. The van der Waals surface area contributed by atoms with Gasteiger partial charge in [-0.05, 0) is 30.7 Å². The molecule has 20 heavy (non-hydrogen) atoms. The zero-order valence-corrected chi connectivity index (χ0v) is 11.7. The number of hydrogen-bond acceptors (Lipinski definition) is 4. The molecule has 0 atom stereocenters. The number of rotatable bonds is 4. The molecule has 0 aliphatic carbocycles. The zero-order chi connectivity index (χ0) is 14.5. The quantitative estimate of drug-likeness (QED) is 0.925. The van der Waals surface area contributed by atoms with E-state index in [0.29, 0.717) is 11.4 Å². The van der Waals surface area contributed by atoms with Crippen LogP contribution in [0.15, 0.2) is 36.7 Å². The van der Waals surface area contributed by atoms with Crippen molar-refractivity contribution in [1.29, 1.82) is 0 Å². The molecule has 2 aromatic rings. The molecule has 0 unspecified atom stereocenters. The van der Waals surface area contributed by atoms with E-state index in [1.807, 2.05) is 0 Å². The minimum Gasteiger partial charge on any atom is -0.384 e. The molecule has 0 fully saturated rings. The van der Waals surface area contributed by atoms with Gasteiger partial charge in [0.1, 0.15) is 5.82 Å². The number of amides is 1. The van der Waals surface area contributed by atoms with Crippen molar-refractivity contribution in [3.05, 3.63) is 47.9 Å². The summed E-state index contributed by atoms with van der Waals surface area (Å²) in [5.41, 5.74) is 7.97. The van der Waals surface area contributed by atoms with E-state index in [2.05, 4.69) is 16.9 Å². The van der Waals surface area contributed by atoms with Crippen molar-refractivity contribution in [2.45, 2.75) is 19.8 Å². The van der Waals surface area contributed by atoms with Gasteiger partial charge in [-0.15, -0.1) is 0 Å². The van der Waals surface area contributed by atoms with E-state index in [9.17, 15) is 4.79 Å². The van der Waals surface area contributed by atoms with Crippen LogP contribution in [-0.4, -0.2) is 22.9 Å². The first-order valence-corrected chi connectivity index (χ1v) is 6.56. The Labute approximate surface area is 118 Å². The Balaban J connectivity index is 2.29. The third-order valence-corrected chi connectivity index (χ3v) is 3.01. The predicted molar refractivity (Wildman–Crippen MR) is 79.6 cm³/mol. The molecule has 0 radical (unpaired) electrons. The molecule has 2 heterocycles. The molecule has 2 N–H and O–H groups in total. The van der Waals surface area contributed by atoms with Gasteiger partial charge >= 0.3 is 0 Å². The van der Waals surface area contributed by atoms with E-state index in [1.165, 1.54) is 0 Å². The minimum atomic E-state index is -0.109. The zero-order valence-electron chi connectivity index (χ0n) is 11.7. The average molecular weight is 270 g/mol. The Kier molecular flexibility index (Phi) is 4.30. The summed E-state index contributed by atoms with van der Waals surface area (Å²) in [4.78, 5) is 22.2. The Hall–Kier alpha value is -2.43. The van der Waals surface area contributed by atoms with E-state index < -0.39 is 0 Å². The van der Waals surface area contributed by atoms with E-state index in [1.54, 1.807) is 48.6 Å². The highest BCUT2D eigenvalue weighted by atomic mass is 16.2. The van der Waals surface area contributed by atoms with Crippen LogP contribution in [0.2, 0.25) is 0 Å². The lowest BCUT2D eigenvalue weighted by atomic mass is 10.1. The predicted octanol–water partition coefficient (Wildman–Crippen LogP) is 2.29. The van der Waals surface area contributed by atoms with Crippen molar-refractivity contribution in [2.75, 3.05) is 17.7 Å². The molecule has 0 saturated carbocycles. The van der Waals surface area contributed by atoms with Gasteiger partial charge in [0.15, 0.2) is 0 Å². The van der Waals surface area contributed by atoms with E-state index in [0.717, 1.165) is 24.2 Å². The largest absolute Gasteiger partial charge is 0.384 e. The number of anilines is 2. The lowest BCUT2D eigenvalue weighted by Gasteiger charge is -2.17. The second kappa shape index (κ2) is 6.14. The first kappa shape index (κ1) is 14.0. The van der Waals surface area contributed by atoms with Crippen molar-refractivity contribution in [1.82, 2.24) is 9.97 Å². The van der Waals surface area contributed by atoms with Crippen LogP contribution >= 0.6 is 0 Å². The van der Waals surface area contributed by atoms with Gasteiger partial charge in [-0.3, -0.25) is 9.78 Å². The summed E-state index contributed by atoms with van der Waals surface area (Å²) in [5.74, 6) is 0.269. The summed E-state index contributed by atoms with van der Waals surface area (Å²) in [6.07, 6.45) is 5.08. The second-order valence-corrected chi connectivity index (χ2v) is 4.59. The summed E-state index contributed by atoms with van der Waals surface area (Å²) in [6, 6.07) is 6.99. The summed E-state index contributed by atoms with van der Waals surface area (Å²) in [7, 11) is 1.73. The van der Waals surface area contributed by atoms with Crippen molar-refractivity contribution >= 4 is 17.4 Å². The highest BCUT2D eigenvalue weighted by molar-refractivity contribution is 6.06. The third kappa shape index (κ3) is 3.12. The molecule has 0 aliphatic rings. The maximum Gasteiger partial charge on any atom is 0.258 e. The first-order valence-electron chi connectivity index (χ1n) is 6.56. The van der Waals surface area contributed by atoms with Gasteiger partial charge in [0.2, 0.25) is 0 Å². The topological polar surface area (TPSA) is 72.1 Å². The summed E-state index contributed by atoms with van der Waals surface area (Å²) in [6.45, 7) is 2.06. The molecule has 5 nitrogen and oxygen atoms in total. The van der Waals surface area contributed by atoms with Crippen LogP contribution < -0.4 is 10.6 Å². The fourth-order valence-corrected chi connectivity index (χ4v) is 2.00. The molecule has 1 amide bonds. The standard InChI is InChI=1S/C15H18N4O/c1-3-4-12-9-11(10-14(16)18-12)15(20)19(2)13-5-7-17-8-6-13/h5-10H,3-4H2,1-2H3,(H2,16,18). The lowest BCUT2D eigenvalue weighted by Crippen LogP contribution is -2.26. The van der Waals surface area contributed by atoms with Crippen molar-refractivity contribution < 1.29 is 4.79 Å². The van der Waals surface area contributed by atoms with Gasteiger partial charge in [-0.25, -0.2) is 4.98 Å². The molecule has 2 rings (SSSR count). The molecule has 5 heteroatoms. The Morgan fingerprint density at radius 2 is 2.00 bits per heavy atom. The van der Waals surface area contributed by atoms with Crippen LogP contribution in [0.3, 0.4) is 0 Å². The fraction of sp³-hybridized carbons (Fsp3) is 0.267. The molecule has 0 aliphatic heterocycles. The fourth-order valence-electron chi connectivity index (χ4n) is 2.00. The van der Waals surface area contributed by atoms with Crippen LogP contribution in [0.1, 0.15) is 29.4 Å². The second-order valence-electron chi connectivity index (χ2n) is 4.59. The number of aromatic nitrogens is 2. The van der Waals surface area contributed by atoms with Crippen LogP contribution in [0.5, 0.6) is 0 Å². The lowest BCUT2D eigenvalue weighted by molar-refractivity contribution is 0.0993. The monoisotopic (exact) mass is 270 g/mol. The first-order chi connectivity index (χ1) is 9.61. The number of carbonyl (C=O) groups is 1. The summed E-state index contributed by atoms with van der Waals surface area (Å²) in [5, 5.41) is 0. The highest BCUT2D eigenvalue weighted by Gasteiger charge is 2.15. The summed E-state index contributed by atoms with van der Waals surface area (Å²) >= 11 is 0. The van der Waals surface area contributed by atoms with Crippen LogP contribution in [0.25, 0.3) is 0 Å². The van der Waals surface area contributed by atoms with Gasteiger partial charge in [0.25, 0.3) is 5.91 Å². The summed E-state index contributed by atoms with van der Waals surface area (Å²) < 4.78 is 0. The molecule has 0 bridgehead atoms. The maximum absolute atomic E-state index is 12.5. The molecular formula is C15H18N4O. The van der Waals surface area contributed by atoms with Gasteiger partial charge in [-0.1, -0.05) is 13.3 Å². The van der Waals surface area contributed by atoms with Gasteiger partial charge < -0.3 is 10.6 Å². The molecule has 104 valence electrons. The SMILES string of the molecule is CCCc1cc(C(=O)N(C)c2ccncc2)cc(N)n1. The van der Waals surface area contributed by atoms with Gasteiger partial charge in [0.05, 0.1) is 0 Å². The number of hydrogen-bond donors (Lipinski definition) is 1. The molecule has 0 aromatic carbocycles. The molecule has 2 aromatic heterocycles. The van der Waals surface area contributed by atoms with Gasteiger partial charge in [-0.2, -0.15) is 0 Å². The number of nitrogens with zero attached hydrogens (tertiary/aromatic N) is 3. The van der Waals surface area contributed by atoms with Crippen molar-refractivity contribution in [3.63, 3.8) is 0 Å². The van der Waals surface area contributed by atoms with E-state index in [-0.39, 0.29) is 5.91 Å². The Bertz CT molecular complexity index is 598. The van der Waals surface area contributed by atoms with Crippen molar-refractivity contribution in [3.8, 4) is 0 Å². The number of nitrogen functional groups attached to an aromatic ring is 1.